The largest absolute Gasteiger partial charge is 0.314 e. The van der Waals surface area contributed by atoms with Crippen LogP contribution in [-0.2, 0) is 9.84 Å². The van der Waals surface area contributed by atoms with Gasteiger partial charge < -0.3 is 10.2 Å². The number of nitrogens with one attached hydrogen (secondary N) is 1. The minimum absolute atomic E-state index is 0.226. The van der Waals surface area contributed by atoms with E-state index in [0.29, 0.717) is 6.54 Å². The Labute approximate surface area is 118 Å². The Morgan fingerprint density at radius 1 is 1.16 bits per heavy atom. The Hall–Kier alpha value is -0.130. The Bertz CT molecular complexity index is 354. The molecule has 0 atom stereocenters. The molecule has 0 radical (unpaired) electrons. The molecule has 0 aromatic heterocycles. The normalized spacial score (nSPS) is 18.4. The molecule has 0 heterocycles. The Kier molecular flexibility index (Phi) is 6.27. The first-order valence-corrected chi connectivity index (χ1v) is 9.02. The fourth-order valence-electron chi connectivity index (χ4n) is 2.42. The van der Waals surface area contributed by atoms with Crippen molar-refractivity contribution in [2.45, 2.75) is 57.2 Å². The first-order chi connectivity index (χ1) is 8.74. The average Bonchev–Trinajstić information content (AvgIpc) is 2.80. The maximum atomic E-state index is 11.9. The maximum absolute atomic E-state index is 11.9. The quantitative estimate of drug-likeness (QED) is 0.725. The third-order valence-corrected chi connectivity index (χ3v) is 6.68. The summed E-state index contributed by atoms with van der Waals surface area (Å²) in [5.41, 5.74) is 0. The van der Waals surface area contributed by atoms with Crippen LogP contribution in [0.4, 0.5) is 0 Å². The Morgan fingerprint density at radius 2 is 1.74 bits per heavy atom. The van der Waals surface area contributed by atoms with Crippen molar-refractivity contribution in [3.8, 4) is 0 Å². The molecule has 1 fully saturated rings. The summed E-state index contributed by atoms with van der Waals surface area (Å²) in [5, 5.41) is 3.25. The molecule has 0 aromatic rings. The first kappa shape index (κ1) is 16.9. The topological polar surface area (TPSA) is 49.4 Å². The van der Waals surface area contributed by atoms with Crippen LogP contribution in [0.25, 0.3) is 0 Å². The molecule has 4 nitrogen and oxygen atoms in total. The smallest absolute Gasteiger partial charge is 0.156 e. The lowest BCUT2D eigenvalue weighted by atomic mass is 10.2. The van der Waals surface area contributed by atoms with Crippen LogP contribution in [0.15, 0.2) is 0 Å². The third-order valence-electron chi connectivity index (χ3n) is 4.07. The summed E-state index contributed by atoms with van der Waals surface area (Å²) >= 11 is 0. The van der Waals surface area contributed by atoms with Crippen molar-refractivity contribution >= 4 is 9.84 Å². The molecule has 1 rings (SSSR count). The van der Waals surface area contributed by atoms with Gasteiger partial charge in [-0.3, -0.25) is 0 Å². The van der Waals surface area contributed by atoms with Gasteiger partial charge >= 0.3 is 0 Å². The van der Waals surface area contributed by atoms with Gasteiger partial charge in [0.1, 0.15) is 0 Å². The Balaban J connectivity index is 2.14. The van der Waals surface area contributed by atoms with Gasteiger partial charge in [0.15, 0.2) is 9.84 Å². The van der Waals surface area contributed by atoms with E-state index >= 15 is 0 Å². The van der Waals surface area contributed by atoms with Gasteiger partial charge in [0.2, 0.25) is 0 Å². The molecule has 1 aliphatic carbocycles. The second kappa shape index (κ2) is 7.04. The van der Waals surface area contributed by atoms with E-state index in [0.717, 1.165) is 19.1 Å². The second-order valence-electron chi connectivity index (χ2n) is 6.60. The lowest BCUT2D eigenvalue weighted by Crippen LogP contribution is -2.38. The zero-order valence-corrected chi connectivity index (χ0v) is 13.7. The van der Waals surface area contributed by atoms with Gasteiger partial charge in [0.05, 0.1) is 10.5 Å². The minimum atomic E-state index is -2.99. The number of hydrogen-bond acceptors (Lipinski definition) is 4. The Morgan fingerprint density at radius 3 is 2.26 bits per heavy atom. The number of rotatable bonds is 7. The molecule has 1 aliphatic rings. The lowest BCUT2D eigenvalue weighted by Gasteiger charge is -2.24. The summed E-state index contributed by atoms with van der Waals surface area (Å²) in [6, 6.07) is 0.736. The fraction of sp³-hybridized carbons (Fsp3) is 1.00. The highest BCUT2D eigenvalue weighted by Gasteiger charge is 2.28. The number of nitrogens with zero attached hydrogens (tertiary/aromatic N) is 1. The molecule has 19 heavy (non-hydrogen) atoms. The molecule has 1 N–H and O–H groups in total. The van der Waals surface area contributed by atoms with E-state index < -0.39 is 14.6 Å². The van der Waals surface area contributed by atoms with Crippen molar-refractivity contribution < 1.29 is 8.42 Å². The highest BCUT2D eigenvalue weighted by molar-refractivity contribution is 7.92. The van der Waals surface area contributed by atoms with Gasteiger partial charge in [-0.2, -0.15) is 0 Å². The van der Waals surface area contributed by atoms with Crippen molar-refractivity contribution in [1.82, 2.24) is 10.2 Å². The minimum Gasteiger partial charge on any atom is -0.314 e. The molecule has 5 heteroatoms. The summed E-state index contributed by atoms with van der Waals surface area (Å²) in [4.78, 5) is 2.40. The first-order valence-electron chi connectivity index (χ1n) is 7.37. The van der Waals surface area contributed by atoms with Crippen LogP contribution < -0.4 is 5.32 Å². The molecule has 0 saturated heterocycles. The van der Waals surface area contributed by atoms with Gasteiger partial charge in [0, 0.05) is 25.7 Å². The van der Waals surface area contributed by atoms with Gasteiger partial charge in [-0.25, -0.2) is 8.42 Å². The lowest BCUT2D eigenvalue weighted by molar-refractivity contribution is 0.246. The molecule has 0 unspecified atom stereocenters. The third kappa shape index (κ3) is 5.40. The van der Waals surface area contributed by atoms with Crippen LogP contribution in [-0.4, -0.2) is 56.5 Å². The van der Waals surface area contributed by atoms with Gasteiger partial charge in [-0.05, 0) is 40.7 Å². The van der Waals surface area contributed by atoms with Crippen molar-refractivity contribution in [1.29, 1.82) is 0 Å². The van der Waals surface area contributed by atoms with Crippen molar-refractivity contribution in [3.05, 3.63) is 0 Å². The SMILES string of the molecule is CN(CCNCCS(=O)(=O)C(C)(C)C)C1CCCC1. The van der Waals surface area contributed by atoms with Crippen LogP contribution in [0, 0.1) is 0 Å². The van der Waals surface area contributed by atoms with Crippen LogP contribution in [0.1, 0.15) is 46.5 Å². The summed E-state index contributed by atoms with van der Waals surface area (Å²) in [6.45, 7) is 7.70. The van der Waals surface area contributed by atoms with E-state index in [-0.39, 0.29) is 5.75 Å². The second-order valence-corrected chi connectivity index (χ2v) is 9.46. The van der Waals surface area contributed by atoms with Crippen LogP contribution in [0.3, 0.4) is 0 Å². The predicted molar refractivity (Wildman–Crippen MR) is 81.3 cm³/mol. The van der Waals surface area contributed by atoms with E-state index in [4.69, 9.17) is 0 Å². The van der Waals surface area contributed by atoms with E-state index in [1.54, 1.807) is 20.8 Å². The zero-order valence-electron chi connectivity index (χ0n) is 12.9. The van der Waals surface area contributed by atoms with Crippen LogP contribution >= 0.6 is 0 Å². The average molecular weight is 290 g/mol. The van der Waals surface area contributed by atoms with Crippen molar-refractivity contribution in [2.24, 2.45) is 0 Å². The van der Waals surface area contributed by atoms with Gasteiger partial charge in [-0.15, -0.1) is 0 Å². The van der Waals surface area contributed by atoms with Gasteiger partial charge in [0.25, 0.3) is 0 Å². The monoisotopic (exact) mass is 290 g/mol. The fourth-order valence-corrected chi connectivity index (χ4v) is 3.45. The molecule has 0 amide bonds. The van der Waals surface area contributed by atoms with Gasteiger partial charge in [-0.1, -0.05) is 12.8 Å². The zero-order chi connectivity index (χ0) is 14.5. The van der Waals surface area contributed by atoms with E-state index in [1.165, 1.54) is 25.7 Å². The standard InChI is InChI=1S/C14H30N2O2S/c1-14(2,3)19(17,18)12-10-15-9-11-16(4)13-7-5-6-8-13/h13,15H,5-12H2,1-4H3. The maximum Gasteiger partial charge on any atom is 0.156 e. The molecular weight excluding hydrogens is 260 g/mol. The van der Waals surface area contributed by atoms with Crippen molar-refractivity contribution in [2.75, 3.05) is 32.4 Å². The predicted octanol–water partition coefficient (Wildman–Crippen LogP) is 1.66. The summed E-state index contributed by atoms with van der Waals surface area (Å²) < 4.78 is 23.2. The van der Waals surface area contributed by atoms with E-state index in [2.05, 4.69) is 17.3 Å². The molecule has 0 aromatic carbocycles. The highest BCUT2D eigenvalue weighted by atomic mass is 32.2. The number of hydrogen-bond donors (Lipinski definition) is 1. The van der Waals surface area contributed by atoms with E-state index in [1.807, 2.05) is 0 Å². The van der Waals surface area contributed by atoms with Crippen molar-refractivity contribution in [3.63, 3.8) is 0 Å². The number of likely N-dealkylation sites (N-methyl/N-ethyl adjacent to an activating group) is 1. The molecular formula is C14H30N2O2S. The summed E-state index contributed by atoms with van der Waals surface area (Å²) in [5.74, 6) is 0.226. The van der Waals surface area contributed by atoms with E-state index in [9.17, 15) is 8.42 Å². The van der Waals surface area contributed by atoms with Crippen LogP contribution in [0.5, 0.6) is 0 Å². The molecule has 0 aliphatic heterocycles. The number of sulfone groups is 1. The molecule has 0 bridgehead atoms. The molecule has 114 valence electrons. The molecule has 1 saturated carbocycles. The summed E-state index contributed by atoms with van der Waals surface area (Å²) in [7, 11) is -0.820. The highest BCUT2D eigenvalue weighted by Crippen LogP contribution is 2.21. The van der Waals surface area contributed by atoms with Crippen LogP contribution in [0.2, 0.25) is 0 Å². The molecule has 0 spiro atoms. The summed E-state index contributed by atoms with van der Waals surface area (Å²) in [6.07, 6.45) is 5.34.